The smallest absolute Gasteiger partial charge is 0.187 e. The van der Waals surface area contributed by atoms with E-state index in [0.29, 0.717) is 22.5 Å². The maximum Gasteiger partial charge on any atom is 0.187 e. The highest BCUT2D eigenvalue weighted by Crippen LogP contribution is 2.45. The number of phenolic OH excluding ortho intramolecular Hbond substituents is 1. The monoisotopic (exact) mass is 642 g/mol. The van der Waals surface area contributed by atoms with E-state index in [4.69, 9.17) is 14.4 Å². The Morgan fingerprint density at radius 2 is 1.27 bits per heavy atom. The Hall–Kier alpha value is -6.21. The molecule has 7 heteroatoms. The van der Waals surface area contributed by atoms with E-state index in [1.54, 1.807) is 12.1 Å². The van der Waals surface area contributed by atoms with Crippen molar-refractivity contribution in [3.8, 4) is 28.2 Å². The summed E-state index contributed by atoms with van der Waals surface area (Å²) in [7, 11) is 0. The van der Waals surface area contributed by atoms with Crippen LogP contribution in [0.3, 0.4) is 0 Å². The van der Waals surface area contributed by atoms with E-state index in [1.807, 2.05) is 92.7 Å². The van der Waals surface area contributed by atoms with Crippen molar-refractivity contribution in [1.82, 2.24) is 9.97 Å². The lowest BCUT2D eigenvalue weighted by atomic mass is 9.89. The Morgan fingerprint density at radius 3 is 1.92 bits per heavy atom. The zero-order valence-corrected chi connectivity index (χ0v) is 27.5. The first kappa shape index (κ1) is 30.1. The average molecular weight is 643 g/mol. The number of aromatic nitrogens is 2. The molecule has 7 nitrogen and oxygen atoms in total. The molecule has 3 N–H and O–H groups in total. The van der Waals surface area contributed by atoms with Gasteiger partial charge in [-0.2, -0.15) is 0 Å². The van der Waals surface area contributed by atoms with Gasteiger partial charge < -0.3 is 20.2 Å². The van der Waals surface area contributed by atoms with E-state index >= 15 is 0 Å². The van der Waals surface area contributed by atoms with Crippen LogP contribution in [-0.2, 0) is 13.1 Å². The van der Waals surface area contributed by atoms with Gasteiger partial charge in [0, 0.05) is 51.8 Å². The summed E-state index contributed by atoms with van der Waals surface area (Å²) in [6.07, 6.45) is 0. The van der Waals surface area contributed by atoms with Crippen molar-refractivity contribution in [2.75, 3.05) is 10.6 Å². The molecule has 8 rings (SSSR count). The van der Waals surface area contributed by atoms with Crippen LogP contribution in [0, 0.1) is 20.8 Å². The summed E-state index contributed by atoms with van der Waals surface area (Å²) >= 11 is 0. The minimum absolute atomic E-state index is 0.0957. The van der Waals surface area contributed by atoms with Crippen LogP contribution in [0.5, 0.6) is 5.75 Å². The molecular weight excluding hydrogens is 608 g/mol. The van der Waals surface area contributed by atoms with Gasteiger partial charge >= 0.3 is 0 Å². The van der Waals surface area contributed by atoms with Gasteiger partial charge in [0.25, 0.3) is 0 Å². The quantitative estimate of drug-likeness (QED) is 0.149. The van der Waals surface area contributed by atoms with Crippen LogP contribution in [0.2, 0.25) is 0 Å². The number of nitrogens with zero attached hydrogens (tertiary/aromatic N) is 2. The number of para-hydroxylation sites is 2. The van der Waals surface area contributed by atoms with E-state index in [1.165, 1.54) is 0 Å². The zero-order chi connectivity index (χ0) is 33.6. The molecular formula is C42H34N4O3. The predicted octanol–water partition coefficient (Wildman–Crippen LogP) is 9.52. The highest BCUT2D eigenvalue weighted by atomic mass is 16.3. The lowest BCUT2D eigenvalue weighted by molar-refractivity contribution is 0.467. The SMILES string of the molecule is Cc1ccc2cccc(NCc3c4oc5c(CNc6cccc7ccc(C)nc67)c(O)ccc5c(-c5ccccc5C)c-4ccc3=O)c2n1. The summed E-state index contributed by atoms with van der Waals surface area (Å²) in [4.78, 5) is 23.2. The summed E-state index contributed by atoms with van der Waals surface area (Å²) in [5.74, 6) is 0.572. The molecule has 49 heavy (non-hydrogen) atoms. The minimum Gasteiger partial charge on any atom is -0.507 e. The largest absolute Gasteiger partial charge is 0.507 e. The van der Waals surface area contributed by atoms with Crippen molar-refractivity contribution in [2.24, 2.45) is 0 Å². The van der Waals surface area contributed by atoms with Crippen LogP contribution in [0.4, 0.5) is 11.4 Å². The molecule has 6 aromatic rings. The Balaban J connectivity index is 1.31. The van der Waals surface area contributed by atoms with Crippen molar-refractivity contribution in [3.63, 3.8) is 0 Å². The van der Waals surface area contributed by atoms with Gasteiger partial charge in [0.15, 0.2) is 5.43 Å². The predicted molar refractivity (Wildman–Crippen MR) is 199 cm³/mol. The molecule has 0 saturated carbocycles. The van der Waals surface area contributed by atoms with Crippen molar-refractivity contribution in [1.29, 1.82) is 0 Å². The molecule has 0 spiro atoms. The first-order valence-electron chi connectivity index (χ1n) is 16.4. The summed E-state index contributed by atoms with van der Waals surface area (Å²) < 4.78 is 6.79. The van der Waals surface area contributed by atoms with Gasteiger partial charge in [-0.25, -0.2) is 0 Å². The number of fused-ring (bicyclic) bond motifs is 4. The summed E-state index contributed by atoms with van der Waals surface area (Å²) in [5.41, 5.74) is 10.5. The van der Waals surface area contributed by atoms with Crippen LogP contribution in [0.1, 0.15) is 28.1 Å². The van der Waals surface area contributed by atoms with Crippen molar-refractivity contribution in [3.05, 3.63) is 147 Å². The topological polar surface area (TPSA) is 100 Å². The molecule has 2 aromatic heterocycles. The molecule has 3 heterocycles. The second-order valence-electron chi connectivity index (χ2n) is 12.5. The number of hydrogen-bond acceptors (Lipinski definition) is 7. The van der Waals surface area contributed by atoms with E-state index in [-0.39, 0.29) is 24.3 Å². The molecule has 1 aliphatic heterocycles. The van der Waals surface area contributed by atoms with Gasteiger partial charge in [0.1, 0.15) is 17.1 Å². The Morgan fingerprint density at radius 1 is 0.633 bits per heavy atom. The first-order chi connectivity index (χ1) is 23.9. The van der Waals surface area contributed by atoms with Crippen molar-refractivity contribution in [2.45, 2.75) is 33.9 Å². The van der Waals surface area contributed by atoms with E-state index in [2.05, 4.69) is 35.8 Å². The minimum atomic E-state index is -0.139. The van der Waals surface area contributed by atoms with Gasteiger partial charge in [0.05, 0.1) is 33.5 Å². The van der Waals surface area contributed by atoms with Crippen molar-refractivity contribution < 1.29 is 9.52 Å². The van der Waals surface area contributed by atoms with Crippen LogP contribution in [0.25, 0.3) is 55.2 Å². The standard InChI is InChI=1S/C42H34N4O3/c1-24-8-4-5-11-29(24)38-30-18-20-36(47)32(22-43-34-12-6-9-27-16-14-25(2)45-39(27)34)41(30)49-42-31(38)19-21-37(48)33(42)23-44-35-13-7-10-28-17-15-26(3)46-40(28)35/h4-21,43-44,47H,22-23H2,1-3H3. The Bertz CT molecular complexity index is 2590. The van der Waals surface area contributed by atoms with E-state index in [9.17, 15) is 9.90 Å². The molecule has 0 unspecified atom stereocenters. The fourth-order valence-corrected chi connectivity index (χ4v) is 6.72. The van der Waals surface area contributed by atoms with Crippen LogP contribution in [-0.4, -0.2) is 15.1 Å². The van der Waals surface area contributed by atoms with Gasteiger partial charge in [-0.3, -0.25) is 14.8 Å². The maximum atomic E-state index is 13.7. The second-order valence-corrected chi connectivity index (χ2v) is 12.5. The number of phenols is 1. The third-order valence-electron chi connectivity index (χ3n) is 9.24. The van der Waals surface area contributed by atoms with Crippen molar-refractivity contribution >= 4 is 44.1 Å². The first-order valence-corrected chi connectivity index (χ1v) is 16.4. The number of rotatable bonds is 7. The normalized spacial score (nSPS) is 11.5. The van der Waals surface area contributed by atoms with E-state index < -0.39 is 0 Å². The number of aryl methyl sites for hydroxylation is 3. The zero-order valence-electron chi connectivity index (χ0n) is 27.5. The molecule has 240 valence electrons. The fourth-order valence-electron chi connectivity index (χ4n) is 6.72. The molecule has 1 aliphatic carbocycles. The van der Waals surface area contributed by atoms with Gasteiger partial charge in [-0.1, -0.05) is 60.7 Å². The summed E-state index contributed by atoms with van der Waals surface area (Å²) in [6.45, 7) is 6.51. The lowest BCUT2D eigenvalue weighted by Crippen LogP contribution is -2.15. The summed E-state index contributed by atoms with van der Waals surface area (Å²) in [5, 5.41) is 21.2. The maximum absolute atomic E-state index is 13.7. The molecule has 0 amide bonds. The third kappa shape index (κ3) is 5.39. The van der Waals surface area contributed by atoms with Crippen LogP contribution >= 0.6 is 0 Å². The lowest BCUT2D eigenvalue weighted by Gasteiger charge is -2.21. The molecule has 0 bridgehead atoms. The number of nitrogens with one attached hydrogen (secondary N) is 2. The fraction of sp³-hybridized carbons (Fsp3) is 0.119. The van der Waals surface area contributed by atoms with E-state index in [0.717, 1.165) is 72.2 Å². The Kier molecular flexibility index (Phi) is 7.45. The number of aromatic hydroxyl groups is 1. The highest BCUT2D eigenvalue weighted by molar-refractivity contribution is 6.04. The molecule has 4 aromatic carbocycles. The number of hydrogen-bond donors (Lipinski definition) is 3. The molecule has 0 radical (unpaired) electrons. The highest BCUT2D eigenvalue weighted by Gasteiger charge is 2.25. The molecule has 0 fully saturated rings. The van der Waals surface area contributed by atoms with Gasteiger partial charge in [-0.05, 0) is 80.4 Å². The average Bonchev–Trinajstić information content (AvgIpc) is 3.10. The van der Waals surface area contributed by atoms with Crippen LogP contribution in [0.15, 0.2) is 118 Å². The summed E-state index contributed by atoms with van der Waals surface area (Å²) in [6, 6.07) is 35.4. The third-order valence-corrected chi connectivity index (χ3v) is 9.24. The number of benzene rings is 5. The Labute approximate surface area is 283 Å². The molecule has 0 saturated heterocycles. The number of anilines is 2. The van der Waals surface area contributed by atoms with Gasteiger partial charge in [0.2, 0.25) is 0 Å². The van der Waals surface area contributed by atoms with Gasteiger partial charge in [-0.15, -0.1) is 0 Å². The molecule has 0 atom stereocenters. The molecule has 2 aliphatic rings. The van der Waals surface area contributed by atoms with Crippen LogP contribution < -0.4 is 16.1 Å². The second kappa shape index (κ2) is 12.1. The number of pyridine rings is 2.